The molecule has 1 aliphatic carbocycles. The van der Waals surface area contributed by atoms with Crippen molar-refractivity contribution in [1.29, 1.82) is 0 Å². The van der Waals surface area contributed by atoms with Crippen LogP contribution in [0.25, 0.3) is 0 Å². The van der Waals surface area contributed by atoms with Gasteiger partial charge in [-0.2, -0.15) is 0 Å². The number of hydrogen-bond donors (Lipinski definition) is 1. The highest BCUT2D eigenvalue weighted by Gasteiger charge is 2.14. The first-order chi connectivity index (χ1) is 7.75. The first-order valence-electron chi connectivity index (χ1n) is 5.94. The summed E-state index contributed by atoms with van der Waals surface area (Å²) in [4.78, 5) is 0. The lowest BCUT2D eigenvalue weighted by atomic mass is 9.94. The molecule has 1 aromatic rings. The van der Waals surface area contributed by atoms with E-state index in [1.165, 1.54) is 19.3 Å². The summed E-state index contributed by atoms with van der Waals surface area (Å²) >= 11 is 1.68. The highest BCUT2D eigenvalue weighted by molar-refractivity contribution is 7.11. The highest BCUT2D eigenvalue weighted by atomic mass is 32.1. The lowest BCUT2D eigenvalue weighted by Gasteiger charge is -2.20. The Morgan fingerprint density at radius 2 is 2.38 bits per heavy atom. The van der Waals surface area contributed by atoms with Crippen LogP contribution in [0, 0.1) is 12.8 Å². The van der Waals surface area contributed by atoms with Gasteiger partial charge in [-0.1, -0.05) is 12.2 Å². The number of aryl methyl sites for hydroxylation is 1. The Balaban J connectivity index is 1.79. The second-order valence-electron chi connectivity index (χ2n) is 4.44. The summed E-state index contributed by atoms with van der Waals surface area (Å²) < 4.78 is 0. The standard InChI is InChI=1S/C12H19N3S/c1-9(12-15-14-10(2)16-12)13-8-11-6-4-3-5-7-11/h3-4,9,11,13H,5-8H2,1-2H3. The molecule has 0 aromatic carbocycles. The Bertz CT molecular complexity index is 359. The van der Waals surface area contributed by atoms with E-state index in [2.05, 4.69) is 34.6 Å². The molecule has 88 valence electrons. The van der Waals surface area contributed by atoms with Crippen molar-refractivity contribution >= 4 is 11.3 Å². The molecule has 1 aromatic heterocycles. The second kappa shape index (κ2) is 5.55. The van der Waals surface area contributed by atoms with E-state index in [-0.39, 0.29) is 0 Å². The Kier molecular flexibility index (Phi) is 4.07. The van der Waals surface area contributed by atoms with Crippen LogP contribution >= 0.6 is 11.3 Å². The van der Waals surface area contributed by atoms with E-state index < -0.39 is 0 Å². The minimum Gasteiger partial charge on any atom is -0.308 e. The van der Waals surface area contributed by atoms with Crippen LogP contribution in [0.3, 0.4) is 0 Å². The minimum atomic E-state index is 0.331. The molecule has 0 bridgehead atoms. The third kappa shape index (κ3) is 3.12. The molecule has 2 rings (SSSR count). The zero-order chi connectivity index (χ0) is 11.4. The predicted octanol–water partition coefficient (Wildman–Crippen LogP) is 2.85. The van der Waals surface area contributed by atoms with E-state index in [0.29, 0.717) is 6.04 Å². The smallest absolute Gasteiger partial charge is 0.134 e. The topological polar surface area (TPSA) is 37.8 Å². The zero-order valence-corrected chi connectivity index (χ0v) is 10.8. The molecule has 0 saturated heterocycles. The van der Waals surface area contributed by atoms with Crippen LogP contribution in [0.2, 0.25) is 0 Å². The number of nitrogens with one attached hydrogen (secondary N) is 1. The van der Waals surface area contributed by atoms with Gasteiger partial charge in [0.05, 0.1) is 6.04 Å². The molecule has 2 unspecified atom stereocenters. The number of rotatable bonds is 4. The SMILES string of the molecule is Cc1nnc(C(C)NCC2CC=CCC2)s1. The monoisotopic (exact) mass is 237 g/mol. The van der Waals surface area contributed by atoms with Crippen molar-refractivity contribution in [2.45, 2.75) is 39.2 Å². The number of hydrogen-bond acceptors (Lipinski definition) is 4. The molecular weight excluding hydrogens is 218 g/mol. The number of nitrogens with zero attached hydrogens (tertiary/aromatic N) is 2. The summed E-state index contributed by atoms with van der Waals surface area (Å²) in [5.41, 5.74) is 0. The van der Waals surface area contributed by atoms with Crippen molar-refractivity contribution in [3.05, 3.63) is 22.2 Å². The molecule has 1 N–H and O–H groups in total. The maximum Gasteiger partial charge on any atom is 0.134 e. The van der Waals surface area contributed by atoms with Crippen LogP contribution in [0.5, 0.6) is 0 Å². The average Bonchev–Trinajstić information content (AvgIpc) is 2.74. The zero-order valence-electron chi connectivity index (χ0n) is 9.94. The molecule has 4 heteroatoms. The van der Waals surface area contributed by atoms with E-state index in [9.17, 15) is 0 Å². The largest absolute Gasteiger partial charge is 0.308 e. The van der Waals surface area contributed by atoms with E-state index >= 15 is 0 Å². The summed E-state index contributed by atoms with van der Waals surface area (Å²) in [7, 11) is 0. The minimum absolute atomic E-state index is 0.331. The van der Waals surface area contributed by atoms with Gasteiger partial charge in [0.15, 0.2) is 0 Å². The lowest BCUT2D eigenvalue weighted by molar-refractivity contribution is 0.414. The highest BCUT2D eigenvalue weighted by Crippen LogP contribution is 2.20. The second-order valence-corrected chi connectivity index (χ2v) is 5.65. The summed E-state index contributed by atoms with van der Waals surface area (Å²) in [6.07, 6.45) is 8.35. The molecule has 0 radical (unpaired) electrons. The van der Waals surface area contributed by atoms with Crippen LogP contribution in [-0.2, 0) is 0 Å². The van der Waals surface area contributed by atoms with E-state index in [4.69, 9.17) is 0 Å². The predicted molar refractivity (Wildman–Crippen MR) is 67.5 cm³/mol. The molecular formula is C12H19N3S. The molecule has 2 atom stereocenters. The average molecular weight is 237 g/mol. The Morgan fingerprint density at radius 3 is 3.00 bits per heavy atom. The third-order valence-electron chi connectivity index (χ3n) is 3.00. The van der Waals surface area contributed by atoms with Crippen molar-refractivity contribution in [1.82, 2.24) is 15.5 Å². The summed E-state index contributed by atoms with van der Waals surface area (Å²) in [6.45, 7) is 5.25. The quantitative estimate of drug-likeness (QED) is 0.818. The molecule has 0 amide bonds. The van der Waals surface area contributed by atoms with Crippen LogP contribution in [-0.4, -0.2) is 16.7 Å². The van der Waals surface area contributed by atoms with Gasteiger partial charge in [-0.05, 0) is 45.6 Å². The molecule has 16 heavy (non-hydrogen) atoms. The van der Waals surface area contributed by atoms with E-state index in [1.807, 2.05) is 6.92 Å². The Hall–Kier alpha value is -0.740. The lowest BCUT2D eigenvalue weighted by Crippen LogP contribution is -2.26. The van der Waals surface area contributed by atoms with Crippen LogP contribution in [0.15, 0.2) is 12.2 Å². The number of allylic oxidation sites excluding steroid dienone is 2. The van der Waals surface area contributed by atoms with Crippen molar-refractivity contribution in [2.75, 3.05) is 6.54 Å². The van der Waals surface area contributed by atoms with Gasteiger partial charge in [-0.3, -0.25) is 0 Å². The van der Waals surface area contributed by atoms with Crippen LogP contribution < -0.4 is 5.32 Å². The molecule has 3 nitrogen and oxygen atoms in total. The van der Waals surface area contributed by atoms with Gasteiger partial charge in [0, 0.05) is 0 Å². The van der Waals surface area contributed by atoms with Crippen molar-refractivity contribution in [3.63, 3.8) is 0 Å². The summed E-state index contributed by atoms with van der Waals surface area (Å²) in [6, 6.07) is 0.331. The molecule has 0 saturated carbocycles. The van der Waals surface area contributed by atoms with Crippen molar-refractivity contribution in [2.24, 2.45) is 5.92 Å². The normalized spacial score (nSPS) is 22.2. The first-order valence-corrected chi connectivity index (χ1v) is 6.75. The van der Waals surface area contributed by atoms with Gasteiger partial charge in [0.25, 0.3) is 0 Å². The Morgan fingerprint density at radius 1 is 1.50 bits per heavy atom. The molecule has 0 aliphatic heterocycles. The summed E-state index contributed by atoms with van der Waals surface area (Å²) in [5.74, 6) is 0.793. The fourth-order valence-electron chi connectivity index (χ4n) is 1.96. The van der Waals surface area contributed by atoms with E-state index in [1.54, 1.807) is 11.3 Å². The fourth-order valence-corrected chi connectivity index (χ4v) is 2.69. The molecule has 0 spiro atoms. The van der Waals surface area contributed by atoms with Gasteiger partial charge in [0.2, 0.25) is 0 Å². The van der Waals surface area contributed by atoms with Gasteiger partial charge in [0.1, 0.15) is 10.0 Å². The maximum atomic E-state index is 4.17. The molecule has 0 fully saturated rings. The van der Waals surface area contributed by atoms with Gasteiger partial charge in [-0.15, -0.1) is 21.5 Å². The van der Waals surface area contributed by atoms with E-state index in [0.717, 1.165) is 22.5 Å². The first kappa shape index (κ1) is 11.7. The van der Waals surface area contributed by atoms with Gasteiger partial charge in [-0.25, -0.2) is 0 Å². The van der Waals surface area contributed by atoms with Crippen molar-refractivity contribution < 1.29 is 0 Å². The van der Waals surface area contributed by atoms with Gasteiger partial charge >= 0.3 is 0 Å². The van der Waals surface area contributed by atoms with Crippen LogP contribution in [0.1, 0.15) is 42.2 Å². The van der Waals surface area contributed by atoms with Crippen molar-refractivity contribution in [3.8, 4) is 0 Å². The molecule has 1 heterocycles. The van der Waals surface area contributed by atoms with Crippen LogP contribution in [0.4, 0.5) is 0 Å². The fraction of sp³-hybridized carbons (Fsp3) is 0.667. The van der Waals surface area contributed by atoms with Gasteiger partial charge < -0.3 is 5.32 Å². The maximum absolute atomic E-state index is 4.17. The Labute approximate surface area is 101 Å². The third-order valence-corrected chi connectivity index (χ3v) is 4.02. The number of aromatic nitrogens is 2. The molecule has 1 aliphatic rings. The summed E-state index contributed by atoms with van der Waals surface area (Å²) in [5, 5.41) is 13.9.